The van der Waals surface area contributed by atoms with Crippen LogP contribution in [-0.4, -0.2) is 58.7 Å². The molecule has 0 bridgehead atoms. The number of carbonyl (C=O) groups excluding carboxylic acids is 1. The number of carbonyl (C=O) groups is 1. The maximum absolute atomic E-state index is 12.5. The molecule has 2 heterocycles. The van der Waals surface area contributed by atoms with Crippen molar-refractivity contribution >= 4 is 5.91 Å². The fourth-order valence-corrected chi connectivity index (χ4v) is 4.66. The lowest BCUT2D eigenvalue weighted by Gasteiger charge is -2.34. The average Bonchev–Trinajstić information content (AvgIpc) is 2.81. The summed E-state index contributed by atoms with van der Waals surface area (Å²) in [4.78, 5) is 16.9. The summed E-state index contributed by atoms with van der Waals surface area (Å²) in [7, 11) is 0. The monoisotopic (exact) mass is 438 g/mol. The molecule has 1 saturated carbocycles. The molecule has 1 aromatic carbocycles. The first-order valence-electron chi connectivity index (χ1n) is 11.7. The molecule has 174 valence electrons. The Kier molecular flexibility index (Phi) is 9.47. The second kappa shape index (κ2) is 12.5. The summed E-state index contributed by atoms with van der Waals surface area (Å²) in [5, 5.41) is 7.87. The molecule has 0 N–H and O–H groups in total. The van der Waals surface area contributed by atoms with Crippen LogP contribution in [-0.2, 0) is 17.8 Å². The van der Waals surface area contributed by atoms with Crippen LogP contribution in [0.5, 0.6) is 5.75 Å². The maximum atomic E-state index is 12.5. The van der Waals surface area contributed by atoms with Crippen LogP contribution in [0.3, 0.4) is 0 Å². The van der Waals surface area contributed by atoms with Gasteiger partial charge in [-0.3, -0.25) is 9.69 Å². The van der Waals surface area contributed by atoms with Crippen LogP contribution >= 0.6 is 0 Å². The molecule has 2 aliphatic rings. The lowest BCUT2D eigenvalue weighted by molar-refractivity contribution is -0.132. The first kappa shape index (κ1) is 24.2. The lowest BCUT2D eigenvalue weighted by atomic mass is 9.87. The van der Waals surface area contributed by atoms with Crippen molar-refractivity contribution in [1.29, 1.82) is 0 Å². The third-order valence-electron chi connectivity index (χ3n) is 6.51. The number of benzene rings is 1. The fraction of sp³-hybridized carbons (Fsp3) is 0.577. The van der Waals surface area contributed by atoms with Crippen LogP contribution < -0.4 is 4.74 Å². The first-order chi connectivity index (χ1) is 15.3. The van der Waals surface area contributed by atoms with Gasteiger partial charge in [-0.1, -0.05) is 51.7 Å². The Balaban J connectivity index is 0.00000289. The van der Waals surface area contributed by atoms with E-state index in [1.54, 1.807) is 6.20 Å². The maximum Gasteiger partial charge on any atom is 0.228 e. The number of hydrogen-bond donors (Lipinski definition) is 0. The van der Waals surface area contributed by atoms with Gasteiger partial charge in [-0.2, -0.15) is 10.2 Å². The standard InChI is InChI=1S/C25H34N4O2.CH4/c30-25(19-23-9-5-12-26-27-23)29-15-13-28(14-16-29)20-22-8-4-10-24(18-22)31-17-11-21-6-2-1-3-7-21;/h4-5,8-10,12,18,21H,1-3,6-7,11,13-17,19-20H2;1H4. The average molecular weight is 439 g/mol. The summed E-state index contributed by atoms with van der Waals surface area (Å²) < 4.78 is 6.06. The van der Waals surface area contributed by atoms with Crippen LogP contribution in [0.15, 0.2) is 42.6 Å². The molecule has 6 heteroatoms. The number of ether oxygens (including phenoxy) is 1. The van der Waals surface area contributed by atoms with E-state index in [9.17, 15) is 4.79 Å². The second-order valence-corrected chi connectivity index (χ2v) is 8.84. The Labute approximate surface area is 193 Å². The van der Waals surface area contributed by atoms with Crippen LogP contribution in [0.25, 0.3) is 0 Å². The first-order valence-corrected chi connectivity index (χ1v) is 11.7. The van der Waals surface area contributed by atoms with E-state index in [1.165, 1.54) is 44.1 Å². The van der Waals surface area contributed by atoms with Crippen molar-refractivity contribution in [3.8, 4) is 5.75 Å². The molecule has 1 amide bonds. The van der Waals surface area contributed by atoms with Crippen molar-refractivity contribution in [2.24, 2.45) is 5.92 Å². The van der Waals surface area contributed by atoms with E-state index in [-0.39, 0.29) is 13.3 Å². The van der Waals surface area contributed by atoms with Crippen molar-refractivity contribution in [1.82, 2.24) is 20.0 Å². The van der Waals surface area contributed by atoms with Gasteiger partial charge >= 0.3 is 0 Å². The number of hydrogen-bond acceptors (Lipinski definition) is 5. The summed E-state index contributed by atoms with van der Waals surface area (Å²) in [5.74, 6) is 1.96. The highest BCUT2D eigenvalue weighted by atomic mass is 16.5. The molecule has 1 aliphatic carbocycles. The molecule has 0 atom stereocenters. The summed E-state index contributed by atoms with van der Waals surface area (Å²) in [6.45, 7) is 5.01. The zero-order valence-corrected chi connectivity index (χ0v) is 18.4. The van der Waals surface area contributed by atoms with Crippen LogP contribution in [0, 0.1) is 5.92 Å². The van der Waals surface area contributed by atoms with Gasteiger partial charge in [0.15, 0.2) is 0 Å². The van der Waals surface area contributed by atoms with Gasteiger partial charge in [0.1, 0.15) is 5.75 Å². The zero-order chi connectivity index (χ0) is 21.3. The minimum absolute atomic E-state index is 0. The van der Waals surface area contributed by atoms with Gasteiger partial charge in [0.25, 0.3) is 0 Å². The van der Waals surface area contributed by atoms with Gasteiger partial charge in [-0.05, 0) is 42.2 Å². The van der Waals surface area contributed by atoms with Gasteiger partial charge in [0.2, 0.25) is 5.91 Å². The van der Waals surface area contributed by atoms with E-state index < -0.39 is 0 Å². The smallest absolute Gasteiger partial charge is 0.228 e. The van der Waals surface area contributed by atoms with E-state index in [0.717, 1.165) is 56.7 Å². The molecule has 32 heavy (non-hydrogen) atoms. The third-order valence-corrected chi connectivity index (χ3v) is 6.51. The Morgan fingerprint density at radius 2 is 1.84 bits per heavy atom. The zero-order valence-electron chi connectivity index (χ0n) is 18.4. The van der Waals surface area contributed by atoms with E-state index in [4.69, 9.17) is 4.74 Å². The summed E-state index contributed by atoms with van der Waals surface area (Å²) in [5.41, 5.74) is 2.00. The largest absolute Gasteiger partial charge is 0.494 e. The van der Waals surface area contributed by atoms with Crippen LogP contribution in [0.4, 0.5) is 0 Å². The molecule has 1 aliphatic heterocycles. The minimum atomic E-state index is 0. The third kappa shape index (κ3) is 7.30. The molecule has 6 nitrogen and oxygen atoms in total. The molecular formula is C26H38N4O2. The molecule has 0 spiro atoms. The Morgan fingerprint density at radius 3 is 2.59 bits per heavy atom. The molecule has 2 fully saturated rings. The Bertz CT molecular complexity index is 816. The summed E-state index contributed by atoms with van der Waals surface area (Å²) in [6, 6.07) is 12.2. The molecular weight excluding hydrogens is 400 g/mol. The number of piperazine rings is 1. The number of amides is 1. The Hall–Kier alpha value is -2.47. The van der Waals surface area contributed by atoms with Crippen LogP contribution in [0.1, 0.15) is 57.2 Å². The van der Waals surface area contributed by atoms with Crippen molar-refractivity contribution in [2.45, 2.75) is 58.9 Å². The summed E-state index contributed by atoms with van der Waals surface area (Å²) in [6.07, 6.45) is 10.1. The van der Waals surface area contributed by atoms with E-state index in [1.807, 2.05) is 17.0 Å². The highest BCUT2D eigenvalue weighted by Gasteiger charge is 2.21. The highest BCUT2D eigenvalue weighted by Crippen LogP contribution is 2.26. The number of aromatic nitrogens is 2. The highest BCUT2D eigenvalue weighted by molar-refractivity contribution is 5.78. The molecule has 1 saturated heterocycles. The topological polar surface area (TPSA) is 58.6 Å². The van der Waals surface area contributed by atoms with Gasteiger partial charge in [0.05, 0.1) is 18.7 Å². The van der Waals surface area contributed by atoms with E-state index >= 15 is 0 Å². The fourth-order valence-electron chi connectivity index (χ4n) is 4.66. The number of rotatable bonds is 8. The normalized spacial score (nSPS) is 17.6. The van der Waals surface area contributed by atoms with Gasteiger partial charge in [-0.15, -0.1) is 0 Å². The SMILES string of the molecule is C.O=C(Cc1cccnn1)N1CCN(Cc2cccc(OCCC3CCCCC3)c2)CC1. The predicted octanol–water partition coefficient (Wildman–Crippen LogP) is 4.35. The lowest BCUT2D eigenvalue weighted by Crippen LogP contribution is -2.48. The van der Waals surface area contributed by atoms with Crippen LogP contribution in [0.2, 0.25) is 0 Å². The quantitative estimate of drug-likeness (QED) is 0.613. The molecule has 2 aromatic rings. The van der Waals surface area contributed by atoms with Gasteiger partial charge in [0, 0.05) is 38.9 Å². The molecule has 4 rings (SSSR count). The molecule has 1 aromatic heterocycles. The van der Waals surface area contributed by atoms with Crippen molar-refractivity contribution in [2.75, 3.05) is 32.8 Å². The van der Waals surface area contributed by atoms with Crippen molar-refractivity contribution < 1.29 is 9.53 Å². The molecule has 0 unspecified atom stereocenters. The van der Waals surface area contributed by atoms with Crippen molar-refractivity contribution in [3.63, 3.8) is 0 Å². The molecule has 0 radical (unpaired) electrons. The van der Waals surface area contributed by atoms with Crippen molar-refractivity contribution in [3.05, 3.63) is 53.9 Å². The Morgan fingerprint density at radius 1 is 1.03 bits per heavy atom. The van der Waals surface area contributed by atoms with Gasteiger partial charge < -0.3 is 9.64 Å². The number of nitrogens with zero attached hydrogens (tertiary/aromatic N) is 4. The predicted molar refractivity (Wildman–Crippen MR) is 127 cm³/mol. The van der Waals surface area contributed by atoms with Gasteiger partial charge in [-0.25, -0.2) is 0 Å². The van der Waals surface area contributed by atoms with E-state index in [2.05, 4.69) is 39.4 Å². The minimum Gasteiger partial charge on any atom is -0.494 e. The van der Waals surface area contributed by atoms with E-state index in [0.29, 0.717) is 6.42 Å². The summed E-state index contributed by atoms with van der Waals surface area (Å²) >= 11 is 0. The second-order valence-electron chi connectivity index (χ2n) is 8.84.